The summed E-state index contributed by atoms with van der Waals surface area (Å²) in [4.78, 5) is 70.6. The molecular formula is C48H78N4O13. The predicted molar refractivity (Wildman–Crippen MR) is 249 cm³/mol. The van der Waals surface area contributed by atoms with Crippen LogP contribution in [-0.4, -0.2) is 99.9 Å². The largest absolute Gasteiger partial charge is 0.488 e. The van der Waals surface area contributed by atoms with E-state index in [-0.39, 0.29) is 43.1 Å². The van der Waals surface area contributed by atoms with Gasteiger partial charge < -0.3 is 55.2 Å². The molecule has 0 saturated heterocycles. The van der Waals surface area contributed by atoms with Crippen LogP contribution in [0.1, 0.15) is 136 Å². The molecule has 0 bridgehead atoms. The van der Waals surface area contributed by atoms with E-state index in [1.54, 1.807) is 107 Å². The first-order valence-electron chi connectivity index (χ1n) is 21.4. The number of nitrogens with one attached hydrogen (secondary N) is 3. The highest BCUT2D eigenvalue weighted by Crippen LogP contribution is 2.21. The van der Waals surface area contributed by atoms with E-state index in [0.29, 0.717) is 11.5 Å². The van der Waals surface area contributed by atoms with Crippen LogP contribution in [0.3, 0.4) is 0 Å². The number of alkyl carbamates (subject to hydrolysis) is 2. The van der Waals surface area contributed by atoms with Gasteiger partial charge in [0, 0.05) is 12.8 Å². The number of rotatable bonds is 13. The number of carbonyl (C=O) groups excluding carboxylic acids is 5. The van der Waals surface area contributed by atoms with E-state index >= 15 is 0 Å². The average molecular weight is 919 g/mol. The summed E-state index contributed by atoms with van der Waals surface area (Å²) in [6.45, 7) is 32.4. The third-order valence-electron chi connectivity index (χ3n) is 6.98. The Hall–Kier alpha value is -5.58. The lowest BCUT2D eigenvalue weighted by molar-refractivity contribution is -0.155. The van der Waals surface area contributed by atoms with Crippen molar-refractivity contribution in [3.8, 4) is 11.5 Å². The second kappa shape index (κ2) is 25.2. The zero-order valence-electron chi connectivity index (χ0n) is 42.0. The fourth-order valence-electron chi connectivity index (χ4n) is 4.92. The number of carboxylic acids is 1. The Kier molecular flexibility index (Phi) is 23.0. The molecule has 2 atom stereocenters. The molecule has 2 aromatic carbocycles. The lowest BCUT2D eigenvalue weighted by atomic mass is 10.0. The highest BCUT2D eigenvalue weighted by atomic mass is 16.6. The molecule has 0 aliphatic heterocycles. The van der Waals surface area contributed by atoms with Crippen molar-refractivity contribution in [2.45, 2.75) is 183 Å². The Bertz CT molecular complexity index is 1820. The van der Waals surface area contributed by atoms with Crippen LogP contribution in [0.15, 0.2) is 48.5 Å². The van der Waals surface area contributed by atoms with Crippen LogP contribution in [0.4, 0.5) is 9.59 Å². The minimum absolute atomic E-state index is 0.0444. The SMILES string of the molecule is CC(C)(C)OC(=O)CN.CC(C)(C)OC(=O)CNC(=O)[C@H](Cc1ccc(OC(C)(C)C)cc1)NC(=O)OC(C)(C)C.CC(C)(C)OC(=O)N[C@@H](Cc1ccc(OC(C)(C)C)cc1)C(=O)O. The normalized spacial score (nSPS) is 12.8. The molecule has 0 unspecified atom stereocenters. The summed E-state index contributed by atoms with van der Waals surface area (Å²) in [6, 6.07) is 12.4. The summed E-state index contributed by atoms with van der Waals surface area (Å²) in [7, 11) is 0. The van der Waals surface area contributed by atoms with Crippen LogP contribution in [-0.2, 0) is 51.0 Å². The molecule has 65 heavy (non-hydrogen) atoms. The lowest BCUT2D eigenvalue weighted by Gasteiger charge is -2.24. The second-order valence-corrected chi connectivity index (χ2v) is 21.0. The van der Waals surface area contributed by atoms with Crippen LogP contribution < -0.4 is 31.2 Å². The summed E-state index contributed by atoms with van der Waals surface area (Å²) in [5, 5.41) is 16.8. The van der Waals surface area contributed by atoms with E-state index in [0.717, 1.165) is 11.1 Å². The van der Waals surface area contributed by atoms with E-state index in [4.69, 9.17) is 34.2 Å². The van der Waals surface area contributed by atoms with Gasteiger partial charge in [-0.2, -0.15) is 0 Å². The number of amides is 3. The van der Waals surface area contributed by atoms with E-state index in [2.05, 4.69) is 16.0 Å². The second-order valence-electron chi connectivity index (χ2n) is 21.0. The molecule has 6 N–H and O–H groups in total. The van der Waals surface area contributed by atoms with E-state index in [1.165, 1.54) is 0 Å². The molecule has 3 amide bonds. The van der Waals surface area contributed by atoms with Crippen LogP contribution in [0.25, 0.3) is 0 Å². The van der Waals surface area contributed by atoms with E-state index in [1.807, 2.05) is 65.8 Å². The maximum atomic E-state index is 12.8. The average Bonchev–Trinajstić information content (AvgIpc) is 3.08. The number of nitrogens with two attached hydrogens (primary N) is 1. The molecule has 0 spiro atoms. The van der Waals surface area contributed by atoms with Crippen molar-refractivity contribution in [3.05, 3.63) is 59.7 Å². The Balaban J connectivity index is 0.00000109. The van der Waals surface area contributed by atoms with Crippen molar-refractivity contribution in [1.82, 2.24) is 16.0 Å². The summed E-state index contributed by atoms with van der Waals surface area (Å²) in [5.41, 5.74) is 3.49. The smallest absolute Gasteiger partial charge is 0.408 e. The fourth-order valence-corrected chi connectivity index (χ4v) is 4.92. The van der Waals surface area contributed by atoms with Gasteiger partial charge in [-0.05, 0) is 160 Å². The van der Waals surface area contributed by atoms with Gasteiger partial charge in [0.1, 0.15) is 63.7 Å². The third kappa shape index (κ3) is 32.7. The number of carbonyl (C=O) groups is 6. The fraction of sp³-hybridized carbons (Fsp3) is 0.625. The van der Waals surface area contributed by atoms with Crippen molar-refractivity contribution in [1.29, 1.82) is 0 Å². The highest BCUT2D eigenvalue weighted by molar-refractivity contribution is 5.88. The van der Waals surface area contributed by atoms with Gasteiger partial charge in [-0.1, -0.05) is 24.3 Å². The molecule has 0 saturated carbocycles. The zero-order valence-corrected chi connectivity index (χ0v) is 42.0. The highest BCUT2D eigenvalue weighted by Gasteiger charge is 2.27. The summed E-state index contributed by atoms with van der Waals surface area (Å²) in [6.07, 6.45) is -1.11. The van der Waals surface area contributed by atoms with Crippen molar-refractivity contribution in [3.63, 3.8) is 0 Å². The molecule has 0 radical (unpaired) electrons. The molecule has 2 aromatic rings. The van der Waals surface area contributed by atoms with Gasteiger partial charge in [-0.3, -0.25) is 14.4 Å². The van der Waals surface area contributed by atoms with Gasteiger partial charge in [0.05, 0.1) is 6.54 Å². The Morgan fingerprint density at radius 1 is 0.492 bits per heavy atom. The van der Waals surface area contributed by atoms with Crippen LogP contribution in [0, 0.1) is 0 Å². The van der Waals surface area contributed by atoms with Crippen molar-refractivity contribution >= 4 is 36.0 Å². The molecule has 368 valence electrons. The number of esters is 2. The van der Waals surface area contributed by atoms with Gasteiger partial charge in [0.15, 0.2) is 0 Å². The first-order valence-corrected chi connectivity index (χ1v) is 21.4. The Labute approximate surface area is 386 Å². The predicted octanol–water partition coefficient (Wildman–Crippen LogP) is 7.43. The zero-order chi connectivity index (χ0) is 50.8. The first-order chi connectivity index (χ1) is 29.2. The van der Waals surface area contributed by atoms with Crippen molar-refractivity contribution in [2.75, 3.05) is 13.1 Å². The van der Waals surface area contributed by atoms with Gasteiger partial charge in [0.25, 0.3) is 0 Å². The molecule has 0 aromatic heterocycles. The minimum Gasteiger partial charge on any atom is -0.488 e. The summed E-state index contributed by atoms with van der Waals surface area (Å²) >= 11 is 0. The molecule has 2 rings (SSSR count). The van der Waals surface area contributed by atoms with Crippen LogP contribution in [0.2, 0.25) is 0 Å². The van der Waals surface area contributed by atoms with Crippen LogP contribution >= 0.6 is 0 Å². The molecule has 0 heterocycles. The molecule has 0 fully saturated rings. The van der Waals surface area contributed by atoms with E-state index in [9.17, 15) is 33.9 Å². The van der Waals surface area contributed by atoms with Gasteiger partial charge >= 0.3 is 30.1 Å². The number of carboxylic acid groups (broad SMARTS) is 1. The lowest BCUT2D eigenvalue weighted by Crippen LogP contribution is -2.50. The van der Waals surface area contributed by atoms with Crippen LogP contribution in [0.5, 0.6) is 11.5 Å². The molecular weight excluding hydrogens is 841 g/mol. The van der Waals surface area contributed by atoms with E-state index < -0.39 is 64.5 Å². The number of aliphatic carboxylic acids is 1. The summed E-state index contributed by atoms with van der Waals surface area (Å²) < 4.78 is 31.9. The van der Waals surface area contributed by atoms with Gasteiger partial charge in [-0.15, -0.1) is 0 Å². The monoisotopic (exact) mass is 919 g/mol. The van der Waals surface area contributed by atoms with Crippen molar-refractivity contribution in [2.24, 2.45) is 5.73 Å². The number of hydrogen-bond donors (Lipinski definition) is 5. The number of hydrogen-bond acceptors (Lipinski definition) is 13. The standard InChI is InChI=1S/C24H38N2O6.C18H27NO5.C6H13NO2/c1-22(2,3)30-17-12-10-16(11-13-17)14-18(26-21(29)32-24(7,8)9)20(28)25-15-19(27)31-23(4,5)6;1-17(2,3)23-13-9-7-12(8-10-13)11-14(15(20)21)19-16(22)24-18(4,5)6;1-6(2,3)9-5(8)4-7/h10-13,18H,14-15H2,1-9H3,(H,25,28)(H,26,29);7-10,14H,11H2,1-6H3,(H,19,22)(H,20,21);4,7H2,1-3H3/t18-;14-;/m00./s1. The molecule has 17 heteroatoms. The molecule has 0 aliphatic carbocycles. The molecule has 17 nitrogen and oxygen atoms in total. The Morgan fingerprint density at radius 3 is 1.11 bits per heavy atom. The number of benzene rings is 2. The van der Waals surface area contributed by atoms with Gasteiger partial charge in [-0.25, -0.2) is 14.4 Å². The third-order valence-corrected chi connectivity index (χ3v) is 6.98. The molecule has 0 aliphatic rings. The van der Waals surface area contributed by atoms with Crippen molar-refractivity contribution < 1.29 is 62.3 Å². The first kappa shape index (κ1) is 59.4. The Morgan fingerprint density at radius 2 is 0.815 bits per heavy atom. The maximum absolute atomic E-state index is 12.8. The maximum Gasteiger partial charge on any atom is 0.408 e. The summed E-state index contributed by atoms with van der Waals surface area (Å²) in [5.74, 6) is -1.15. The van der Waals surface area contributed by atoms with Gasteiger partial charge in [0.2, 0.25) is 5.91 Å². The quantitative estimate of drug-likeness (QED) is 0.0970. The number of ether oxygens (including phenoxy) is 6. The topological polar surface area (TPSA) is 240 Å². The minimum atomic E-state index is -1.11.